The Kier molecular flexibility index (Phi) is 3.38. The van der Waals surface area contributed by atoms with E-state index in [2.05, 4.69) is 5.32 Å². The number of rotatable bonds is 2. The molecule has 2 aliphatic rings. The molecule has 96 valence electrons. The maximum atomic E-state index is 12.3. The normalized spacial score (nSPS) is 33.7. The van der Waals surface area contributed by atoms with Crippen LogP contribution in [0.3, 0.4) is 0 Å². The SMILES string of the molecule is CC1(C(=O)O)CCCN1C(=O)[C@H]1CCCCN1. The van der Waals surface area contributed by atoms with Crippen molar-refractivity contribution in [2.75, 3.05) is 13.1 Å². The lowest BCUT2D eigenvalue weighted by atomic mass is 9.97. The van der Waals surface area contributed by atoms with E-state index >= 15 is 0 Å². The highest BCUT2D eigenvalue weighted by atomic mass is 16.4. The van der Waals surface area contributed by atoms with Crippen LogP contribution in [-0.2, 0) is 9.59 Å². The molecule has 1 amide bonds. The minimum Gasteiger partial charge on any atom is -0.480 e. The zero-order chi connectivity index (χ0) is 12.5. The van der Waals surface area contributed by atoms with Gasteiger partial charge in [-0.25, -0.2) is 4.79 Å². The van der Waals surface area contributed by atoms with Crippen molar-refractivity contribution in [3.05, 3.63) is 0 Å². The van der Waals surface area contributed by atoms with Crippen LogP contribution in [0.5, 0.6) is 0 Å². The van der Waals surface area contributed by atoms with Crippen LogP contribution < -0.4 is 5.32 Å². The molecule has 0 bridgehead atoms. The number of nitrogens with zero attached hydrogens (tertiary/aromatic N) is 1. The molecule has 5 nitrogen and oxygen atoms in total. The standard InChI is InChI=1S/C12H20N2O3/c1-12(11(16)17)6-4-8-14(12)10(15)9-5-2-3-7-13-9/h9,13H,2-8H2,1H3,(H,16,17)/t9-,12?/m1/s1. The number of likely N-dealkylation sites (tertiary alicyclic amines) is 1. The molecule has 0 aromatic heterocycles. The maximum Gasteiger partial charge on any atom is 0.329 e. The van der Waals surface area contributed by atoms with E-state index in [1.165, 1.54) is 0 Å². The van der Waals surface area contributed by atoms with Gasteiger partial charge in [-0.3, -0.25) is 4.79 Å². The first-order chi connectivity index (χ1) is 8.05. The van der Waals surface area contributed by atoms with Gasteiger partial charge in [0, 0.05) is 6.54 Å². The summed E-state index contributed by atoms with van der Waals surface area (Å²) in [6.45, 7) is 3.08. The number of carboxylic acids is 1. The summed E-state index contributed by atoms with van der Waals surface area (Å²) in [7, 11) is 0. The monoisotopic (exact) mass is 240 g/mol. The molecule has 2 aliphatic heterocycles. The molecule has 2 fully saturated rings. The molecule has 1 unspecified atom stereocenters. The lowest BCUT2D eigenvalue weighted by Gasteiger charge is -2.35. The van der Waals surface area contributed by atoms with Crippen molar-refractivity contribution in [2.45, 2.75) is 50.6 Å². The van der Waals surface area contributed by atoms with Crippen LogP contribution in [-0.4, -0.2) is 46.6 Å². The first-order valence-electron chi connectivity index (χ1n) is 6.34. The molecule has 5 heteroatoms. The number of carbonyl (C=O) groups is 2. The van der Waals surface area contributed by atoms with E-state index in [1.54, 1.807) is 11.8 Å². The van der Waals surface area contributed by atoms with Gasteiger partial charge in [-0.15, -0.1) is 0 Å². The first-order valence-corrected chi connectivity index (χ1v) is 6.34. The average Bonchev–Trinajstić information content (AvgIpc) is 2.73. The molecule has 2 heterocycles. The van der Waals surface area contributed by atoms with Crippen molar-refractivity contribution >= 4 is 11.9 Å². The quantitative estimate of drug-likeness (QED) is 0.741. The molecule has 0 aliphatic carbocycles. The van der Waals surface area contributed by atoms with Crippen LogP contribution in [0.1, 0.15) is 39.0 Å². The van der Waals surface area contributed by atoms with E-state index < -0.39 is 11.5 Å². The fourth-order valence-electron chi connectivity index (χ4n) is 2.79. The zero-order valence-corrected chi connectivity index (χ0v) is 10.2. The van der Waals surface area contributed by atoms with Gasteiger partial charge >= 0.3 is 5.97 Å². The highest BCUT2D eigenvalue weighted by Crippen LogP contribution is 2.30. The predicted molar refractivity (Wildman–Crippen MR) is 62.6 cm³/mol. The van der Waals surface area contributed by atoms with Crippen molar-refractivity contribution < 1.29 is 14.7 Å². The Morgan fingerprint density at radius 2 is 2.12 bits per heavy atom. The van der Waals surface area contributed by atoms with Gasteiger partial charge < -0.3 is 15.3 Å². The van der Waals surface area contributed by atoms with Gasteiger partial charge in [0.25, 0.3) is 0 Å². The van der Waals surface area contributed by atoms with Crippen molar-refractivity contribution in [3.8, 4) is 0 Å². The second-order valence-electron chi connectivity index (χ2n) is 5.17. The average molecular weight is 240 g/mol. The number of nitrogens with one attached hydrogen (secondary N) is 1. The summed E-state index contributed by atoms with van der Waals surface area (Å²) >= 11 is 0. The van der Waals surface area contributed by atoms with Crippen LogP contribution in [0.4, 0.5) is 0 Å². The van der Waals surface area contributed by atoms with Gasteiger partial charge in [-0.05, 0) is 39.2 Å². The summed E-state index contributed by atoms with van der Waals surface area (Å²) in [4.78, 5) is 25.2. The van der Waals surface area contributed by atoms with E-state index in [9.17, 15) is 14.7 Å². The number of amides is 1. The predicted octanol–water partition coefficient (Wildman–Crippen LogP) is 0.594. The van der Waals surface area contributed by atoms with E-state index in [1.807, 2.05) is 0 Å². The van der Waals surface area contributed by atoms with Crippen LogP contribution in [0, 0.1) is 0 Å². The van der Waals surface area contributed by atoms with E-state index in [0.717, 1.165) is 32.2 Å². The van der Waals surface area contributed by atoms with Crippen LogP contribution in [0.2, 0.25) is 0 Å². The highest BCUT2D eigenvalue weighted by molar-refractivity contribution is 5.90. The third kappa shape index (κ3) is 2.16. The number of piperidine rings is 1. The smallest absolute Gasteiger partial charge is 0.329 e. The lowest BCUT2D eigenvalue weighted by Crippen LogP contribution is -2.57. The molecular weight excluding hydrogens is 220 g/mol. The second-order valence-corrected chi connectivity index (χ2v) is 5.17. The molecule has 0 aromatic rings. The molecule has 2 saturated heterocycles. The highest BCUT2D eigenvalue weighted by Gasteiger charge is 2.47. The lowest BCUT2D eigenvalue weighted by molar-refractivity contribution is -0.156. The Morgan fingerprint density at radius 1 is 1.35 bits per heavy atom. The van der Waals surface area contributed by atoms with Crippen molar-refractivity contribution in [1.29, 1.82) is 0 Å². The fourth-order valence-corrected chi connectivity index (χ4v) is 2.79. The van der Waals surface area contributed by atoms with Gasteiger partial charge in [0.1, 0.15) is 5.54 Å². The number of carboxylic acid groups (broad SMARTS) is 1. The van der Waals surface area contributed by atoms with E-state index in [0.29, 0.717) is 13.0 Å². The Labute approximate surface area is 101 Å². The summed E-state index contributed by atoms with van der Waals surface area (Å²) < 4.78 is 0. The second kappa shape index (κ2) is 4.64. The molecule has 0 saturated carbocycles. The van der Waals surface area contributed by atoms with Gasteiger partial charge in [0.05, 0.1) is 6.04 Å². The zero-order valence-electron chi connectivity index (χ0n) is 10.2. The largest absolute Gasteiger partial charge is 0.480 e. The third-order valence-corrected chi connectivity index (χ3v) is 3.98. The van der Waals surface area contributed by atoms with E-state index in [-0.39, 0.29) is 11.9 Å². The Hall–Kier alpha value is -1.10. The van der Waals surface area contributed by atoms with Crippen molar-refractivity contribution in [1.82, 2.24) is 10.2 Å². The first kappa shape index (κ1) is 12.4. The number of hydrogen-bond acceptors (Lipinski definition) is 3. The van der Waals surface area contributed by atoms with Gasteiger partial charge in [-0.1, -0.05) is 6.42 Å². The summed E-state index contributed by atoms with van der Waals surface area (Å²) in [5, 5.41) is 12.5. The van der Waals surface area contributed by atoms with Gasteiger partial charge in [-0.2, -0.15) is 0 Å². The number of carbonyl (C=O) groups excluding carboxylic acids is 1. The molecule has 0 spiro atoms. The molecular formula is C12H20N2O3. The molecule has 2 N–H and O–H groups in total. The topological polar surface area (TPSA) is 69.6 Å². The Morgan fingerprint density at radius 3 is 2.71 bits per heavy atom. The molecule has 0 radical (unpaired) electrons. The van der Waals surface area contributed by atoms with Crippen molar-refractivity contribution in [3.63, 3.8) is 0 Å². The molecule has 2 atom stereocenters. The summed E-state index contributed by atoms with van der Waals surface area (Å²) in [5.41, 5.74) is -1.00. The van der Waals surface area contributed by atoms with E-state index in [4.69, 9.17) is 0 Å². The number of hydrogen-bond donors (Lipinski definition) is 2. The summed E-state index contributed by atoms with van der Waals surface area (Å²) in [6.07, 6.45) is 4.30. The molecule has 2 rings (SSSR count). The third-order valence-electron chi connectivity index (χ3n) is 3.98. The van der Waals surface area contributed by atoms with Crippen LogP contribution in [0.25, 0.3) is 0 Å². The summed E-state index contributed by atoms with van der Waals surface area (Å²) in [5.74, 6) is -0.925. The molecule has 17 heavy (non-hydrogen) atoms. The summed E-state index contributed by atoms with van der Waals surface area (Å²) in [6, 6.07) is -0.180. The molecule has 0 aromatic carbocycles. The van der Waals surface area contributed by atoms with Gasteiger partial charge in [0.2, 0.25) is 5.91 Å². The van der Waals surface area contributed by atoms with Crippen LogP contribution in [0.15, 0.2) is 0 Å². The minimum absolute atomic E-state index is 0.0351. The Bertz CT molecular complexity index is 326. The fraction of sp³-hybridized carbons (Fsp3) is 0.833. The Balaban J connectivity index is 2.10. The van der Waals surface area contributed by atoms with Gasteiger partial charge in [0.15, 0.2) is 0 Å². The van der Waals surface area contributed by atoms with Crippen LogP contribution >= 0.6 is 0 Å². The minimum atomic E-state index is -1.00. The van der Waals surface area contributed by atoms with Crippen molar-refractivity contribution in [2.24, 2.45) is 0 Å². The number of aliphatic carboxylic acids is 1. The maximum absolute atomic E-state index is 12.3.